The van der Waals surface area contributed by atoms with Gasteiger partial charge in [-0.05, 0) is 26.1 Å². The van der Waals surface area contributed by atoms with Crippen molar-refractivity contribution in [1.29, 1.82) is 0 Å². The molecular weight excluding hydrogens is 220 g/mol. The van der Waals surface area contributed by atoms with Crippen LogP contribution in [0.4, 0.5) is 0 Å². The summed E-state index contributed by atoms with van der Waals surface area (Å²) < 4.78 is 0. The molecule has 0 unspecified atom stereocenters. The summed E-state index contributed by atoms with van der Waals surface area (Å²) in [5.41, 5.74) is 5.42. The topological polar surface area (TPSA) is 38.0 Å². The normalized spacial score (nSPS) is 10.0. The zero-order valence-corrected chi connectivity index (χ0v) is 13.3. The lowest BCUT2D eigenvalue weighted by molar-refractivity contribution is 0.558. The Morgan fingerprint density at radius 2 is 1.00 bits per heavy atom. The lowest BCUT2D eigenvalue weighted by Gasteiger charge is -2.00. The summed E-state index contributed by atoms with van der Waals surface area (Å²) in [6.45, 7) is 9.53. The third kappa shape index (κ3) is 24.9. The van der Waals surface area contributed by atoms with E-state index in [2.05, 4.69) is 26.1 Å². The standard InChI is InChI=1S/C12H27N.C4H11N/c1-2-3-4-5-6-7-8-9-10-11-12-13;1-3-5-4-2/h2-13H2,1H3;5H,3-4H2,1-2H3. The molecule has 0 heterocycles. The van der Waals surface area contributed by atoms with Crippen molar-refractivity contribution in [1.82, 2.24) is 5.32 Å². The fourth-order valence-corrected chi connectivity index (χ4v) is 1.88. The van der Waals surface area contributed by atoms with Gasteiger partial charge in [-0.3, -0.25) is 0 Å². The van der Waals surface area contributed by atoms with Gasteiger partial charge in [0.1, 0.15) is 0 Å². The Morgan fingerprint density at radius 3 is 1.28 bits per heavy atom. The van der Waals surface area contributed by atoms with E-state index < -0.39 is 0 Å². The molecule has 0 radical (unpaired) electrons. The highest BCUT2D eigenvalue weighted by atomic mass is 14.8. The first-order valence-corrected chi connectivity index (χ1v) is 8.24. The molecule has 0 aliphatic carbocycles. The highest BCUT2D eigenvalue weighted by Gasteiger charge is 1.91. The van der Waals surface area contributed by atoms with Gasteiger partial charge in [-0.15, -0.1) is 0 Å². The highest BCUT2D eigenvalue weighted by molar-refractivity contribution is 4.47. The third-order valence-electron chi connectivity index (χ3n) is 3.06. The molecule has 0 fully saturated rings. The maximum absolute atomic E-state index is 5.42. The molecule has 0 aromatic rings. The van der Waals surface area contributed by atoms with E-state index in [1.165, 1.54) is 64.2 Å². The summed E-state index contributed by atoms with van der Waals surface area (Å²) in [4.78, 5) is 0. The van der Waals surface area contributed by atoms with Crippen LogP contribution in [-0.2, 0) is 0 Å². The minimum atomic E-state index is 0.872. The van der Waals surface area contributed by atoms with Crippen molar-refractivity contribution in [3.05, 3.63) is 0 Å². The largest absolute Gasteiger partial charge is 0.330 e. The summed E-state index contributed by atoms with van der Waals surface area (Å²) in [5.74, 6) is 0. The van der Waals surface area contributed by atoms with Crippen LogP contribution in [0, 0.1) is 0 Å². The van der Waals surface area contributed by atoms with Crippen LogP contribution >= 0.6 is 0 Å². The lowest BCUT2D eigenvalue weighted by Crippen LogP contribution is -2.09. The van der Waals surface area contributed by atoms with Crippen molar-refractivity contribution in [2.75, 3.05) is 19.6 Å². The van der Waals surface area contributed by atoms with E-state index in [-0.39, 0.29) is 0 Å². The Labute approximate surface area is 116 Å². The fraction of sp³-hybridized carbons (Fsp3) is 1.00. The molecule has 0 bridgehead atoms. The van der Waals surface area contributed by atoms with E-state index in [1.54, 1.807) is 0 Å². The molecule has 0 rings (SSSR count). The Morgan fingerprint density at radius 1 is 0.611 bits per heavy atom. The quantitative estimate of drug-likeness (QED) is 0.506. The van der Waals surface area contributed by atoms with Gasteiger partial charge in [0.2, 0.25) is 0 Å². The molecule has 18 heavy (non-hydrogen) atoms. The summed E-state index contributed by atoms with van der Waals surface area (Å²) in [7, 11) is 0. The van der Waals surface area contributed by atoms with Crippen molar-refractivity contribution >= 4 is 0 Å². The van der Waals surface area contributed by atoms with Gasteiger partial charge in [-0.25, -0.2) is 0 Å². The van der Waals surface area contributed by atoms with Crippen LogP contribution in [0.15, 0.2) is 0 Å². The summed E-state index contributed by atoms with van der Waals surface area (Å²) >= 11 is 0. The second-order valence-electron chi connectivity index (χ2n) is 4.93. The van der Waals surface area contributed by atoms with E-state index in [9.17, 15) is 0 Å². The molecule has 0 aliphatic rings. The fourth-order valence-electron chi connectivity index (χ4n) is 1.88. The number of hydrogen-bond acceptors (Lipinski definition) is 2. The summed E-state index contributed by atoms with van der Waals surface area (Å²) in [6, 6.07) is 0. The summed E-state index contributed by atoms with van der Waals surface area (Å²) in [6.07, 6.45) is 13.9. The average Bonchev–Trinajstić information content (AvgIpc) is 2.39. The van der Waals surface area contributed by atoms with Crippen molar-refractivity contribution in [2.45, 2.75) is 85.0 Å². The first-order chi connectivity index (χ1) is 8.83. The Balaban J connectivity index is 0. The van der Waals surface area contributed by atoms with Gasteiger partial charge < -0.3 is 11.1 Å². The van der Waals surface area contributed by atoms with E-state index in [0.717, 1.165) is 19.6 Å². The Kier molecular flexibility index (Phi) is 24.9. The van der Waals surface area contributed by atoms with Crippen LogP contribution in [0.2, 0.25) is 0 Å². The van der Waals surface area contributed by atoms with Crippen molar-refractivity contribution < 1.29 is 0 Å². The highest BCUT2D eigenvalue weighted by Crippen LogP contribution is 2.09. The SMILES string of the molecule is CCCCCCCCCCCCN.CCNCC. The first-order valence-electron chi connectivity index (χ1n) is 8.24. The molecule has 0 aliphatic heterocycles. The van der Waals surface area contributed by atoms with Crippen LogP contribution in [0.5, 0.6) is 0 Å². The third-order valence-corrected chi connectivity index (χ3v) is 3.06. The molecule has 2 nitrogen and oxygen atoms in total. The number of nitrogens with two attached hydrogens (primary N) is 1. The maximum atomic E-state index is 5.42. The molecule has 3 N–H and O–H groups in total. The van der Waals surface area contributed by atoms with E-state index >= 15 is 0 Å². The molecular formula is C16H38N2. The number of hydrogen-bond donors (Lipinski definition) is 2. The van der Waals surface area contributed by atoms with Crippen LogP contribution in [0.1, 0.15) is 85.0 Å². The zero-order valence-electron chi connectivity index (χ0n) is 13.3. The predicted molar refractivity (Wildman–Crippen MR) is 85.1 cm³/mol. The second-order valence-corrected chi connectivity index (χ2v) is 4.93. The van der Waals surface area contributed by atoms with Crippen molar-refractivity contribution in [2.24, 2.45) is 5.73 Å². The van der Waals surface area contributed by atoms with Gasteiger partial charge >= 0.3 is 0 Å². The van der Waals surface area contributed by atoms with Gasteiger partial charge in [-0.1, -0.05) is 78.6 Å². The van der Waals surface area contributed by atoms with Gasteiger partial charge in [0, 0.05) is 0 Å². The maximum Gasteiger partial charge on any atom is -0.00773 e. The lowest BCUT2D eigenvalue weighted by atomic mass is 10.1. The minimum Gasteiger partial charge on any atom is -0.330 e. The van der Waals surface area contributed by atoms with Gasteiger partial charge in [0.25, 0.3) is 0 Å². The molecule has 0 atom stereocenters. The molecule has 0 spiro atoms. The van der Waals surface area contributed by atoms with Crippen LogP contribution in [0.3, 0.4) is 0 Å². The monoisotopic (exact) mass is 258 g/mol. The first kappa shape index (κ1) is 20.2. The van der Waals surface area contributed by atoms with Crippen LogP contribution in [-0.4, -0.2) is 19.6 Å². The molecule has 2 heteroatoms. The van der Waals surface area contributed by atoms with E-state index in [4.69, 9.17) is 5.73 Å². The minimum absolute atomic E-state index is 0.872. The van der Waals surface area contributed by atoms with Crippen LogP contribution < -0.4 is 11.1 Å². The molecule has 0 aromatic carbocycles. The van der Waals surface area contributed by atoms with Gasteiger partial charge in [0.05, 0.1) is 0 Å². The van der Waals surface area contributed by atoms with Crippen molar-refractivity contribution in [3.8, 4) is 0 Å². The number of nitrogens with one attached hydrogen (secondary N) is 1. The number of rotatable bonds is 12. The Bertz CT molecular complexity index is 104. The summed E-state index contributed by atoms with van der Waals surface area (Å²) in [5, 5.41) is 3.11. The van der Waals surface area contributed by atoms with E-state index in [0.29, 0.717) is 0 Å². The molecule has 112 valence electrons. The van der Waals surface area contributed by atoms with Gasteiger partial charge in [-0.2, -0.15) is 0 Å². The van der Waals surface area contributed by atoms with Crippen LogP contribution in [0.25, 0.3) is 0 Å². The van der Waals surface area contributed by atoms with Crippen molar-refractivity contribution in [3.63, 3.8) is 0 Å². The average molecular weight is 258 g/mol. The molecule has 0 saturated carbocycles. The smallest absolute Gasteiger partial charge is 0.00773 e. The number of unbranched alkanes of at least 4 members (excludes halogenated alkanes) is 9. The molecule has 0 amide bonds. The molecule has 0 aromatic heterocycles. The van der Waals surface area contributed by atoms with E-state index in [1.807, 2.05) is 0 Å². The second kappa shape index (κ2) is 22.1. The zero-order chi connectivity index (χ0) is 13.9. The predicted octanol–water partition coefficient (Wildman–Crippen LogP) is 4.48. The van der Waals surface area contributed by atoms with Gasteiger partial charge in [0.15, 0.2) is 0 Å². The Hall–Kier alpha value is -0.0800. The molecule has 0 saturated heterocycles.